The summed E-state index contributed by atoms with van der Waals surface area (Å²) in [5.41, 5.74) is 10.9. The van der Waals surface area contributed by atoms with Crippen LogP contribution in [-0.4, -0.2) is 25.7 Å². The summed E-state index contributed by atoms with van der Waals surface area (Å²) < 4.78 is 2.51. The van der Waals surface area contributed by atoms with Crippen LogP contribution in [0.15, 0.2) is 18.2 Å². The molecule has 0 N–H and O–H groups in total. The third kappa shape index (κ3) is 2.94. The number of benzene rings is 2. The minimum Gasteiger partial charge on any atom is -0.366 e. The molecular formula is C30H41N2+. The van der Waals surface area contributed by atoms with Gasteiger partial charge in [-0.05, 0) is 97.7 Å². The van der Waals surface area contributed by atoms with Gasteiger partial charge >= 0.3 is 0 Å². The van der Waals surface area contributed by atoms with Gasteiger partial charge in [0.2, 0.25) is 5.36 Å². The molecule has 170 valence electrons. The molecule has 2 nitrogen and oxygen atoms in total. The van der Waals surface area contributed by atoms with Crippen LogP contribution in [-0.2, 0) is 18.3 Å². The second-order valence-electron chi connectivity index (χ2n) is 11.6. The fraction of sp³-hybridized carbons (Fsp3) is 0.567. The second kappa shape index (κ2) is 7.20. The number of hydrogen-bond acceptors (Lipinski definition) is 1. The molecule has 1 unspecified atom stereocenters. The van der Waals surface area contributed by atoms with Crippen molar-refractivity contribution in [1.29, 1.82) is 0 Å². The third-order valence-corrected chi connectivity index (χ3v) is 8.68. The molecule has 5 rings (SSSR count). The highest BCUT2D eigenvalue weighted by molar-refractivity contribution is 5.73. The first kappa shape index (κ1) is 21.7. The SMILES string of the molecule is CCc1cc2c(c3c1=[N+](C)CCC3)C(C)(C)c1cc3c(cc1C=2)C(C)CC(C)(C)N3CC. The van der Waals surface area contributed by atoms with E-state index in [4.69, 9.17) is 0 Å². The maximum Gasteiger partial charge on any atom is 0.206 e. The van der Waals surface area contributed by atoms with Crippen molar-refractivity contribution >= 4 is 11.8 Å². The standard InChI is InChI=1S/C30H41N2/c1-9-20-14-22-15-21-16-24-19(3)18-29(4,5)32(10-2)26(24)17-25(21)30(6,7)27(22)23-12-11-13-31(8)28(20)23/h14-17,19H,9-13,18H2,1-8H3/q+1. The summed E-state index contributed by atoms with van der Waals surface area (Å²) in [6.07, 6.45) is 7.28. The van der Waals surface area contributed by atoms with Crippen LogP contribution in [0, 0.1) is 0 Å². The number of nitrogens with zero attached hydrogens (tertiary/aromatic N) is 2. The smallest absolute Gasteiger partial charge is 0.206 e. The van der Waals surface area contributed by atoms with Gasteiger partial charge in [0.15, 0.2) is 0 Å². The van der Waals surface area contributed by atoms with Gasteiger partial charge in [-0.15, -0.1) is 0 Å². The van der Waals surface area contributed by atoms with Crippen LogP contribution < -0.4 is 20.1 Å². The average Bonchev–Trinajstić information content (AvgIpc) is 2.72. The van der Waals surface area contributed by atoms with Crippen molar-refractivity contribution in [2.75, 3.05) is 25.0 Å². The highest BCUT2D eigenvalue weighted by Crippen LogP contribution is 2.47. The number of fused-ring (bicyclic) bond motifs is 5. The first-order chi connectivity index (χ1) is 15.1. The van der Waals surface area contributed by atoms with E-state index in [0.717, 1.165) is 13.0 Å². The molecule has 0 bridgehead atoms. The van der Waals surface area contributed by atoms with Crippen LogP contribution in [0.5, 0.6) is 0 Å². The predicted molar refractivity (Wildman–Crippen MR) is 138 cm³/mol. The van der Waals surface area contributed by atoms with Crippen molar-refractivity contribution in [3.05, 3.63) is 62.2 Å². The maximum atomic E-state index is 2.65. The zero-order chi connectivity index (χ0) is 23.0. The fourth-order valence-corrected chi connectivity index (χ4v) is 7.37. The molecule has 0 saturated heterocycles. The van der Waals surface area contributed by atoms with Crippen molar-refractivity contribution in [3.8, 4) is 0 Å². The zero-order valence-corrected chi connectivity index (χ0v) is 21.5. The van der Waals surface area contributed by atoms with E-state index in [1.165, 1.54) is 64.3 Å². The Morgan fingerprint density at radius 1 is 1.09 bits per heavy atom. The van der Waals surface area contributed by atoms with E-state index in [1.807, 2.05) is 0 Å². The molecule has 2 heteroatoms. The van der Waals surface area contributed by atoms with Gasteiger partial charge in [-0.3, -0.25) is 0 Å². The Bertz CT molecular complexity index is 1230. The molecule has 1 atom stereocenters. The van der Waals surface area contributed by atoms with Crippen molar-refractivity contribution in [2.24, 2.45) is 0 Å². The van der Waals surface area contributed by atoms with Crippen LogP contribution >= 0.6 is 0 Å². The van der Waals surface area contributed by atoms with E-state index >= 15 is 0 Å². The predicted octanol–water partition coefficient (Wildman–Crippen LogP) is 4.90. The molecule has 2 aromatic carbocycles. The monoisotopic (exact) mass is 429 g/mol. The van der Waals surface area contributed by atoms with Gasteiger partial charge in [0.25, 0.3) is 0 Å². The van der Waals surface area contributed by atoms with Crippen LogP contribution in [0.25, 0.3) is 6.08 Å². The Kier molecular flexibility index (Phi) is 4.89. The minimum absolute atomic E-state index is 0.00716. The van der Waals surface area contributed by atoms with E-state index in [9.17, 15) is 0 Å². The lowest BCUT2D eigenvalue weighted by atomic mass is 9.67. The number of anilines is 1. The third-order valence-electron chi connectivity index (χ3n) is 8.68. The number of rotatable bonds is 2. The quantitative estimate of drug-likeness (QED) is 0.616. The largest absolute Gasteiger partial charge is 0.366 e. The molecule has 0 aromatic heterocycles. The topological polar surface area (TPSA) is 6.25 Å². The molecule has 32 heavy (non-hydrogen) atoms. The Morgan fingerprint density at radius 2 is 1.84 bits per heavy atom. The van der Waals surface area contributed by atoms with E-state index in [2.05, 4.69) is 89.3 Å². The Morgan fingerprint density at radius 3 is 2.53 bits per heavy atom. The molecule has 3 aliphatic rings. The van der Waals surface area contributed by atoms with E-state index in [0.29, 0.717) is 5.92 Å². The number of hydrogen-bond donors (Lipinski definition) is 0. The fourth-order valence-electron chi connectivity index (χ4n) is 7.37. The lowest BCUT2D eigenvalue weighted by Gasteiger charge is -2.48. The van der Waals surface area contributed by atoms with Gasteiger partial charge in [-0.1, -0.05) is 27.7 Å². The van der Waals surface area contributed by atoms with Gasteiger partial charge in [-0.25, -0.2) is 4.58 Å². The van der Waals surface area contributed by atoms with Gasteiger partial charge in [0.1, 0.15) is 13.6 Å². The molecule has 0 spiro atoms. The Hall–Kier alpha value is -2.09. The highest BCUT2D eigenvalue weighted by Gasteiger charge is 2.40. The normalized spacial score (nSPS) is 22.4. The molecular weight excluding hydrogens is 388 g/mol. The Balaban J connectivity index is 1.84. The van der Waals surface area contributed by atoms with Crippen molar-refractivity contribution in [2.45, 2.75) is 91.0 Å². The van der Waals surface area contributed by atoms with Gasteiger partial charge < -0.3 is 4.90 Å². The van der Waals surface area contributed by atoms with E-state index in [-0.39, 0.29) is 11.0 Å². The first-order valence-corrected chi connectivity index (χ1v) is 12.8. The van der Waals surface area contributed by atoms with Crippen molar-refractivity contribution in [3.63, 3.8) is 0 Å². The van der Waals surface area contributed by atoms with Crippen LogP contribution in [0.3, 0.4) is 0 Å². The van der Waals surface area contributed by atoms with Crippen LogP contribution in [0.1, 0.15) is 101 Å². The van der Waals surface area contributed by atoms with E-state index in [1.54, 1.807) is 11.1 Å². The van der Waals surface area contributed by atoms with Gasteiger partial charge in [-0.2, -0.15) is 0 Å². The molecule has 0 saturated carbocycles. The summed E-state index contributed by atoms with van der Waals surface area (Å²) in [6.45, 7) is 19.1. The first-order valence-electron chi connectivity index (χ1n) is 12.8. The average molecular weight is 430 g/mol. The molecule has 2 aromatic rings. The van der Waals surface area contributed by atoms with Crippen molar-refractivity contribution < 1.29 is 0 Å². The molecule has 2 heterocycles. The lowest BCUT2D eigenvalue weighted by Crippen LogP contribution is -2.48. The lowest BCUT2D eigenvalue weighted by molar-refractivity contribution is 0.381. The molecule has 0 radical (unpaired) electrons. The number of aryl methyl sites for hydroxylation is 1. The molecule has 0 fully saturated rings. The summed E-state index contributed by atoms with van der Waals surface area (Å²) in [5.74, 6) is 0.592. The van der Waals surface area contributed by atoms with Crippen molar-refractivity contribution in [1.82, 2.24) is 4.58 Å². The zero-order valence-electron chi connectivity index (χ0n) is 21.5. The summed E-state index contributed by atoms with van der Waals surface area (Å²) in [4.78, 5) is 2.65. The second-order valence-corrected chi connectivity index (χ2v) is 11.6. The van der Waals surface area contributed by atoms with Gasteiger partial charge in [0.05, 0.1) is 0 Å². The molecule has 1 aliphatic carbocycles. The van der Waals surface area contributed by atoms with E-state index < -0.39 is 0 Å². The summed E-state index contributed by atoms with van der Waals surface area (Å²) in [7, 11) is 2.29. The summed E-state index contributed by atoms with van der Waals surface area (Å²) in [6, 6.07) is 7.61. The molecule has 0 amide bonds. The maximum absolute atomic E-state index is 2.65. The molecule has 2 aliphatic heterocycles. The minimum atomic E-state index is 0.00716. The summed E-state index contributed by atoms with van der Waals surface area (Å²) >= 11 is 0. The van der Waals surface area contributed by atoms with Gasteiger partial charge in [0, 0.05) is 40.7 Å². The summed E-state index contributed by atoms with van der Waals surface area (Å²) in [5, 5.41) is 2.98. The van der Waals surface area contributed by atoms with Crippen LogP contribution in [0.2, 0.25) is 0 Å². The highest BCUT2D eigenvalue weighted by atomic mass is 15.2. The van der Waals surface area contributed by atoms with Crippen LogP contribution in [0.4, 0.5) is 5.69 Å². The Labute approximate surface area is 194 Å².